The van der Waals surface area contributed by atoms with E-state index in [1.54, 1.807) is 24.3 Å². The molecule has 0 aliphatic heterocycles. The summed E-state index contributed by atoms with van der Waals surface area (Å²) >= 11 is 0. The van der Waals surface area contributed by atoms with Crippen LogP contribution in [-0.2, 0) is 4.79 Å². The minimum absolute atomic E-state index is 0.0455. The van der Waals surface area contributed by atoms with Gasteiger partial charge in [0.15, 0.2) is 0 Å². The predicted octanol–water partition coefficient (Wildman–Crippen LogP) is 0.943. The van der Waals surface area contributed by atoms with E-state index < -0.39 is 0 Å². The van der Waals surface area contributed by atoms with Crippen LogP contribution in [-0.4, -0.2) is 24.9 Å². The van der Waals surface area contributed by atoms with Gasteiger partial charge in [-0.25, -0.2) is 0 Å². The van der Waals surface area contributed by atoms with E-state index in [9.17, 15) is 9.59 Å². The molecular weight excluding hydrogens is 204 g/mol. The molecule has 0 bridgehead atoms. The monoisotopic (exact) mass is 220 g/mol. The van der Waals surface area contributed by atoms with Crippen LogP contribution in [0.3, 0.4) is 0 Å². The lowest BCUT2D eigenvalue weighted by molar-refractivity contribution is -0.120. The van der Waals surface area contributed by atoms with Gasteiger partial charge in [0.2, 0.25) is 5.91 Å². The molecule has 1 rings (SSSR count). The van der Waals surface area contributed by atoms with Gasteiger partial charge in [-0.2, -0.15) is 0 Å². The SMILES string of the molecule is CCNC(=O)CCNC(=O)c1ccccc1. The van der Waals surface area contributed by atoms with Crippen molar-refractivity contribution in [1.82, 2.24) is 10.6 Å². The fourth-order valence-corrected chi connectivity index (χ4v) is 1.27. The molecule has 0 saturated carbocycles. The molecule has 0 aromatic heterocycles. The van der Waals surface area contributed by atoms with E-state index in [0.29, 0.717) is 25.1 Å². The number of carbonyl (C=O) groups is 2. The first kappa shape index (κ1) is 12.2. The fourth-order valence-electron chi connectivity index (χ4n) is 1.27. The van der Waals surface area contributed by atoms with Crippen LogP contribution in [0.2, 0.25) is 0 Å². The molecule has 0 aliphatic rings. The largest absolute Gasteiger partial charge is 0.356 e. The van der Waals surface area contributed by atoms with Crippen LogP contribution >= 0.6 is 0 Å². The van der Waals surface area contributed by atoms with Crippen molar-refractivity contribution in [3.63, 3.8) is 0 Å². The number of amides is 2. The molecule has 0 fully saturated rings. The zero-order chi connectivity index (χ0) is 11.8. The standard InChI is InChI=1S/C12H16N2O2/c1-2-13-11(15)8-9-14-12(16)10-6-4-3-5-7-10/h3-7H,2,8-9H2,1H3,(H,13,15)(H,14,16). The molecule has 1 aromatic rings. The second-order valence-electron chi connectivity index (χ2n) is 3.33. The summed E-state index contributed by atoms with van der Waals surface area (Å²) in [6.07, 6.45) is 0.312. The van der Waals surface area contributed by atoms with Crippen molar-refractivity contribution in [2.75, 3.05) is 13.1 Å². The zero-order valence-corrected chi connectivity index (χ0v) is 9.32. The summed E-state index contributed by atoms with van der Waals surface area (Å²) in [5, 5.41) is 5.36. The topological polar surface area (TPSA) is 58.2 Å². The van der Waals surface area contributed by atoms with Gasteiger partial charge in [-0.05, 0) is 19.1 Å². The summed E-state index contributed by atoms with van der Waals surface area (Å²) < 4.78 is 0. The Bertz CT molecular complexity index is 349. The average Bonchev–Trinajstić information content (AvgIpc) is 2.30. The van der Waals surface area contributed by atoms with Crippen molar-refractivity contribution in [2.24, 2.45) is 0 Å². The second kappa shape index (κ2) is 6.61. The maximum atomic E-state index is 11.5. The number of benzene rings is 1. The van der Waals surface area contributed by atoms with E-state index >= 15 is 0 Å². The lowest BCUT2D eigenvalue weighted by atomic mass is 10.2. The minimum atomic E-state index is -0.148. The average molecular weight is 220 g/mol. The van der Waals surface area contributed by atoms with Crippen LogP contribution in [0.15, 0.2) is 30.3 Å². The van der Waals surface area contributed by atoms with Gasteiger partial charge in [-0.1, -0.05) is 18.2 Å². The Morgan fingerprint density at radius 2 is 1.81 bits per heavy atom. The van der Waals surface area contributed by atoms with Gasteiger partial charge in [-0.3, -0.25) is 9.59 Å². The summed E-state index contributed by atoms with van der Waals surface area (Å²) in [5.41, 5.74) is 0.610. The lowest BCUT2D eigenvalue weighted by Crippen LogP contribution is -2.30. The molecule has 0 heterocycles. The Kier molecular flexibility index (Phi) is 5.05. The molecule has 0 unspecified atom stereocenters. The highest BCUT2D eigenvalue weighted by molar-refractivity contribution is 5.94. The summed E-state index contributed by atoms with van der Waals surface area (Å²) in [6.45, 7) is 2.84. The molecule has 86 valence electrons. The first-order valence-electron chi connectivity index (χ1n) is 5.34. The van der Waals surface area contributed by atoms with Gasteiger partial charge >= 0.3 is 0 Å². The lowest BCUT2D eigenvalue weighted by Gasteiger charge is -2.05. The first-order valence-corrected chi connectivity index (χ1v) is 5.34. The molecule has 0 saturated heterocycles. The van der Waals surface area contributed by atoms with Crippen molar-refractivity contribution in [1.29, 1.82) is 0 Å². The van der Waals surface area contributed by atoms with E-state index in [4.69, 9.17) is 0 Å². The smallest absolute Gasteiger partial charge is 0.251 e. The maximum absolute atomic E-state index is 11.5. The van der Waals surface area contributed by atoms with Gasteiger partial charge in [0.1, 0.15) is 0 Å². The van der Waals surface area contributed by atoms with E-state index in [1.165, 1.54) is 0 Å². The van der Waals surface area contributed by atoms with Crippen molar-refractivity contribution < 1.29 is 9.59 Å². The van der Waals surface area contributed by atoms with Gasteiger partial charge in [-0.15, -0.1) is 0 Å². The third-order valence-electron chi connectivity index (χ3n) is 2.05. The van der Waals surface area contributed by atoms with Gasteiger partial charge in [0, 0.05) is 25.1 Å². The highest BCUT2D eigenvalue weighted by Crippen LogP contribution is 1.97. The van der Waals surface area contributed by atoms with E-state index in [-0.39, 0.29) is 11.8 Å². The molecule has 2 N–H and O–H groups in total. The van der Waals surface area contributed by atoms with Crippen LogP contribution in [0.1, 0.15) is 23.7 Å². The molecule has 0 radical (unpaired) electrons. The highest BCUT2D eigenvalue weighted by atomic mass is 16.2. The number of hydrogen-bond acceptors (Lipinski definition) is 2. The molecule has 4 heteroatoms. The number of carbonyl (C=O) groups excluding carboxylic acids is 2. The summed E-state index contributed by atoms with van der Waals surface area (Å²) in [6, 6.07) is 8.94. The van der Waals surface area contributed by atoms with Crippen LogP contribution < -0.4 is 10.6 Å². The molecule has 1 aromatic carbocycles. The van der Waals surface area contributed by atoms with Crippen molar-refractivity contribution >= 4 is 11.8 Å². The first-order chi connectivity index (χ1) is 7.74. The quantitative estimate of drug-likeness (QED) is 0.776. The van der Waals surface area contributed by atoms with E-state index in [2.05, 4.69) is 10.6 Å². The number of hydrogen-bond donors (Lipinski definition) is 2. The van der Waals surface area contributed by atoms with E-state index in [1.807, 2.05) is 13.0 Å². The molecule has 0 atom stereocenters. The molecule has 16 heavy (non-hydrogen) atoms. The number of nitrogens with one attached hydrogen (secondary N) is 2. The molecule has 4 nitrogen and oxygen atoms in total. The van der Waals surface area contributed by atoms with Crippen LogP contribution in [0, 0.1) is 0 Å². The molecular formula is C12H16N2O2. The fraction of sp³-hybridized carbons (Fsp3) is 0.333. The Morgan fingerprint density at radius 1 is 1.12 bits per heavy atom. The maximum Gasteiger partial charge on any atom is 0.251 e. The Labute approximate surface area is 95.0 Å². The zero-order valence-electron chi connectivity index (χ0n) is 9.32. The highest BCUT2D eigenvalue weighted by Gasteiger charge is 2.04. The molecule has 2 amide bonds. The Morgan fingerprint density at radius 3 is 2.44 bits per heavy atom. The molecule has 0 spiro atoms. The third-order valence-corrected chi connectivity index (χ3v) is 2.05. The Hall–Kier alpha value is -1.84. The summed E-state index contributed by atoms with van der Waals surface area (Å²) in [7, 11) is 0. The van der Waals surface area contributed by atoms with Crippen LogP contribution in [0.4, 0.5) is 0 Å². The van der Waals surface area contributed by atoms with Crippen LogP contribution in [0.5, 0.6) is 0 Å². The van der Waals surface area contributed by atoms with Gasteiger partial charge in [0.25, 0.3) is 5.91 Å². The van der Waals surface area contributed by atoms with Gasteiger partial charge < -0.3 is 10.6 Å². The van der Waals surface area contributed by atoms with E-state index in [0.717, 1.165) is 0 Å². The normalized spacial score (nSPS) is 9.56. The Balaban J connectivity index is 2.29. The molecule has 0 aliphatic carbocycles. The summed E-state index contributed by atoms with van der Waals surface area (Å²) in [4.78, 5) is 22.6. The van der Waals surface area contributed by atoms with Gasteiger partial charge in [0.05, 0.1) is 0 Å². The third kappa shape index (κ3) is 4.13. The predicted molar refractivity (Wildman–Crippen MR) is 62.1 cm³/mol. The summed E-state index contributed by atoms with van der Waals surface area (Å²) in [5.74, 6) is -0.194. The second-order valence-corrected chi connectivity index (χ2v) is 3.33. The van der Waals surface area contributed by atoms with Crippen LogP contribution in [0.25, 0.3) is 0 Å². The van der Waals surface area contributed by atoms with Crippen molar-refractivity contribution in [3.8, 4) is 0 Å². The number of rotatable bonds is 5. The van der Waals surface area contributed by atoms with Crippen molar-refractivity contribution in [3.05, 3.63) is 35.9 Å². The van der Waals surface area contributed by atoms with Crippen molar-refractivity contribution in [2.45, 2.75) is 13.3 Å². The minimum Gasteiger partial charge on any atom is -0.356 e.